The maximum Gasteiger partial charge on any atom is 0.294 e. The molecule has 1 N–H and O–H groups in total. The molecule has 0 atom stereocenters. The van der Waals surface area contributed by atoms with E-state index in [0.29, 0.717) is 47.6 Å². The van der Waals surface area contributed by atoms with E-state index >= 15 is 0 Å². The maximum atomic E-state index is 12.8. The molecule has 2 aromatic carbocycles. The van der Waals surface area contributed by atoms with Crippen molar-refractivity contribution in [2.45, 2.75) is 20.8 Å². The molecule has 3 rings (SSSR count). The van der Waals surface area contributed by atoms with Gasteiger partial charge in [-0.15, -0.1) is 0 Å². The fourth-order valence-corrected chi connectivity index (χ4v) is 3.92. The largest absolute Gasteiger partial charge is 0.494 e. The number of rotatable bonds is 10. The summed E-state index contributed by atoms with van der Waals surface area (Å²) in [6, 6.07) is 12.1. The van der Waals surface area contributed by atoms with Crippen LogP contribution in [-0.2, 0) is 9.59 Å². The van der Waals surface area contributed by atoms with Crippen molar-refractivity contribution in [3.63, 3.8) is 0 Å². The van der Waals surface area contributed by atoms with Crippen molar-refractivity contribution in [3.8, 4) is 17.2 Å². The van der Waals surface area contributed by atoms with Gasteiger partial charge in [0.1, 0.15) is 12.3 Å². The van der Waals surface area contributed by atoms with E-state index < -0.39 is 17.1 Å². The van der Waals surface area contributed by atoms with E-state index in [1.54, 1.807) is 48.5 Å². The summed E-state index contributed by atoms with van der Waals surface area (Å²) in [5, 5.41) is 2.19. The second-order valence-corrected chi connectivity index (χ2v) is 8.88. The van der Waals surface area contributed by atoms with Gasteiger partial charge < -0.3 is 19.5 Å². The van der Waals surface area contributed by atoms with Gasteiger partial charge >= 0.3 is 0 Å². The number of hydrogen-bond acceptors (Lipinski definition) is 7. The summed E-state index contributed by atoms with van der Waals surface area (Å²) < 4.78 is 16.5. The van der Waals surface area contributed by atoms with Crippen LogP contribution < -0.4 is 19.5 Å². The number of ether oxygens (including phenoxy) is 3. The van der Waals surface area contributed by atoms with Gasteiger partial charge in [-0.2, -0.15) is 0 Å². The SMILES string of the molecule is CCOc1ccc(NC(=O)CN2C(=O)S/C(=C\c3ccc(OCC(C)C)c(OC)c3)C2=O)cc1. The third kappa shape index (κ3) is 6.54. The lowest BCUT2D eigenvalue weighted by Gasteiger charge is -2.13. The van der Waals surface area contributed by atoms with E-state index in [1.165, 1.54) is 7.11 Å². The zero-order valence-corrected chi connectivity index (χ0v) is 20.4. The molecule has 0 saturated carbocycles. The van der Waals surface area contributed by atoms with Crippen LogP contribution in [0.4, 0.5) is 10.5 Å². The molecule has 1 saturated heterocycles. The van der Waals surface area contributed by atoms with E-state index in [0.717, 1.165) is 16.7 Å². The lowest BCUT2D eigenvalue weighted by atomic mass is 10.1. The average molecular weight is 485 g/mol. The number of benzene rings is 2. The van der Waals surface area contributed by atoms with Crippen LogP contribution in [0.15, 0.2) is 47.4 Å². The predicted octanol–water partition coefficient (Wildman–Crippen LogP) is 4.80. The van der Waals surface area contributed by atoms with E-state index in [2.05, 4.69) is 19.2 Å². The van der Waals surface area contributed by atoms with E-state index in [9.17, 15) is 14.4 Å². The molecule has 0 spiro atoms. The number of hydrogen-bond donors (Lipinski definition) is 1. The maximum absolute atomic E-state index is 12.8. The van der Waals surface area contributed by atoms with Crippen molar-refractivity contribution in [1.29, 1.82) is 0 Å². The normalized spacial score (nSPS) is 14.6. The van der Waals surface area contributed by atoms with Crippen LogP contribution in [0, 0.1) is 5.92 Å². The van der Waals surface area contributed by atoms with Gasteiger partial charge in [0.15, 0.2) is 11.5 Å². The summed E-state index contributed by atoms with van der Waals surface area (Å²) in [4.78, 5) is 38.8. The Morgan fingerprint density at radius 2 is 1.82 bits per heavy atom. The number of nitrogens with zero attached hydrogens (tertiary/aromatic N) is 1. The highest BCUT2D eigenvalue weighted by Crippen LogP contribution is 2.34. The Labute approximate surface area is 203 Å². The third-order valence-corrected chi connectivity index (χ3v) is 5.59. The molecule has 9 heteroatoms. The second-order valence-electron chi connectivity index (χ2n) is 7.89. The van der Waals surface area contributed by atoms with Gasteiger partial charge in [0.05, 0.1) is 25.2 Å². The minimum atomic E-state index is -0.518. The fourth-order valence-electron chi connectivity index (χ4n) is 3.08. The number of nitrogens with one attached hydrogen (secondary N) is 1. The first-order valence-electron chi connectivity index (χ1n) is 10.9. The Morgan fingerprint density at radius 1 is 1.09 bits per heavy atom. The highest BCUT2D eigenvalue weighted by Gasteiger charge is 2.36. The number of imide groups is 1. The summed E-state index contributed by atoms with van der Waals surface area (Å²) in [6.45, 7) is 6.70. The van der Waals surface area contributed by atoms with Gasteiger partial charge in [0.25, 0.3) is 11.1 Å². The molecule has 0 radical (unpaired) electrons. The third-order valence-electron chi connectivity index (χ3n) is 4.68. The Balaban J connectivity index is 1.66. The summed E-state index contributed by atoms with van der Waals surface area (Å²) in [7, 11) is 1.54. The monoisotopic (exact) mass is 484 g/mol. The number of carbonyl (C=O) groups excluding carboxylic acids is 3. The van der Waals surface area contributed by atoms with Crippen molar-refractivity contribution < 1.29 is 28.6 Å². The van der Waals surface area contributed by atoms with E-state index in [1.807, 2.05) is 6.92 Å². The average Bonchev–Trinajstić information content (AvgIpc) is 3.06. The zero-order valence-electron chi connectivity index (χ0n) is 19.6. The molecule has 0 bridgehead atoms. The van der Waals surface area contributed by atoms with Crippen LogP contribution in [-0.4, -0.2) is 48.8 Å². The van der Waals surface area contributed by atoms with E-state index in [4.69, 9.17) is 14.2 Å². The van der Waals surface area contributed by atoms with Gasteiger partial charge in [-0.3, -0.25) is 19.3 Å². The van der Waals surface area contributed by atoms with Crippen LogP contribution in [0.3, 0.4) is 0 Å². The van der Waals surface area contributed by atoms with Gasteiger partial charge in [0, 0.05) is 5.69 Å². The summed E-state index contributed by atoms with van der Waals surface area (Å²) in [5.41, 5.74) is 1.22. The molecule has 1 heterocycles. The first-order chi connectivity index (χ1) is 16.3. The Hall–Kier alpha value is -3.46. The predicted molar refractivity (Wildman–Crippen MR) is 132 cm³/mol. The lowest BCUT2D eigenvalue weighted by molar-refractivity contribution is -0.127. The van der Waals surface area contributed by atoms with Crippen LogP contribution in [0.25, 0.3) is 6.08 Å². The summed E-state index contributed by atoms with van der Waals surface area (Å²) in [6.07, 6.45) is 1.60. The molecule has 0 unspecified atom stereocenters. The van der Waals surface area contributed by atoms with Gasteiger partial charge in [0.2, 0.25) is 5.91 Å². The van der Waals surface area contributed by atoms with Crippen LogP contribution >= 0.6 is 11.8 Å². The molecule has 1 aliphatic heterocycles. The van der Waals surface area contributed by atoms with Crippen LogP contribution in [0.2, 0.25) is 0 Å². The molecule has 0 aromatic heterocycles. The molecular weight excluding hydrogens is 456 g/mol. The molecule has 0 aliphatic carbocycles. The molecule has 1 fully saturated rings. The molecule has 2 aromatic rings. The van der Waals surface area contributed by atoms with Gasteiger partial charge in [-0.1, -0.05) is 19.9 Å². The zero-order chi connectivity index (χ0) is 24.7. The Bertz CT molecular complexity index is 1080. The quantitative estimate of drug-likeness (QED) is 0.484. The highest BCUT2D eigenvalue weighted by molar-refractivity contribution is 8.18. The molecule has 34 heavy (non-hydrogen) atoms. The van der Waals surface area contributed by atoms with E-state index in [-0.39, 0.29) is 11.4 Å². The molecule has 1 aliphatic rings. The Kier molecular flexibility index (Phi) is 8.59. The van der Waals surface area contributed by atoms with Crippen molar-refractivity contribution in [3.05, 3.63) is 52.9 Å². The summed E-state index contributed by atoms with van der Waals surface area (Å²) >= 11 is 0.794. The van der Waals surface area contributed by atoms with Crippen LogP contribution in [0.5, 0.6) is 17.2 Å². The van der Waals surface area contributed by atoms with Gasteiger partial charge in [-0.05, 0) is 72.6 Å². The van der Waals surface area contributed by atoms with Crippen LogP contribution in [0.1, 0.15) is 26.3 Å². The summed E-state index contributed by atoms with van der Waals surface area (Å²) in [5.74, 6) is 1.20. The molecule has 8 nitrogen and oxygen atoms in total. The first kappa shape index (κ1) is 25.2. The van der Waals surface area contributed by atoms with Crippen molar-refractivity contribution in [1.82, 2.24) is 4.90 Å². The number of anilines is 1. The van der Waals surface area contributed by atoms with Crippen molar-refractivity contribution in [2.24, 2.45) is 5.92 Å². The second kappa shape index (κ2) is 11.6. The van der Waals surface area contributed by atoms with Gasteiger partial charge in [-0.25, -0.2) is 0 Å². The Morgan fingerprint density at radius 3 is 2.47 bits per heavy atom. The molecule has 3 amide bonds. The number of carbonyl (C=O) groups is 3. The number of thioether (sulfide) groups is 1. The smallest absolute Gasteiger partial charge is 0.294 e. The van der Waals surface area contributed by atoms with Crippen molar-refractivity contribution >= 4 is 40.6 Å². The topological polar surface area (TPSA) is 94.2 Å². The number of methoxy groups -OCH3 is 1. The molecular formula is C25H28N2O6S. The fraction of sp³-hybridized carbons (Fsp3) is 0.320. The highest BCUT2D eigenvalue weighted by atomic mass is 32.2. The number of amides is 3. The first-order valence-corrected chi connectivity index (χ1v) is 11.7. The standard InChI is InChI=1S/C25H28N2O6S/c1-5-32-19-9-7-18(8-10-19)26-23(28)14-27-24(29)22(34-25(27)30)13-17-6-11-20(21(12-17)31-4)33-15-16(2)3/h6-13,16H,5,14-15H2,1-4H3,(H,26,28)/b22-13-. The lowest BCUT2D eigenvalue weighted by Crippen LogP contribution is -2.36. The minimum absolute atomic E-state index is 0.233. The minimum Gasteiger partial charge on any atom is -0.494 e. The van der Waals surface area contributed by atoms with Crippen molar-refractivity contribution in [2.75, 3.05) is 32.2 Å². The molecule has 180 valence electrons.